The smallest absolute Gasteiger partial charge is 0.273 e. The van der Waals surface area contributed by atoms with Crippen LogP contribution in [0.5, 0.6) is 0 Å². The highest BCUT2D eigenvalue weighted by molar-refractivity contribution is 7.10. The first-order chi connectivity index (χ1) is 10.1. The summed E-state index contributed by atoms with van der Waals surface area (Å²) in [5, 5.41) is 17.0. The van der Waals surface area contributed by atoms with Crippen LogP contribution in [-0.4, -0.2) is 4.92 Å². The molecule has 0 spiro atoms. The first kappa shape index (κ1) is 15.9. The number of halogens is 1. The molecule has 1 atom stereocenters. The molecule has 0 radical (unpaired) electrons. The molecular formula is C15H17ClN2O2S. The lowest BCUT2D eigenvalue weighted by atomic mass is 10.1. The van der Waals surface area contributed by atoms with Gasteiger partial charge in [0.25, 0.3) is 5.69 Å². The van der Waals surface area contributed by atoms with E-state index >= 15 is 0 Å². The summed E-state index contributed by atoms with van der Waals surface area (Å²) in [7, 11) is 0. The van der Waals surface area contributed by atoms with Crippen LogP contribution in [-0.2, 0) is 6.54 Å². The van der Waals surface area contributed by atoms with Gasteiger partial charge in [0.05, 0.1) is 4.92 Å². The number of hydrogen-bond acceptors (Lipinski definition) is 4. The monoisotopic (exact) mass is 324 g/mol. The molecule has 1 aromatic heterocycles. The molecule has 1 aromatic carbocycles. The molecule has 1 heterocycles. The lowest BCUT2D eigenvalue weighted by Crippen LogP contribution is -2.20. The minimum absolute atomic E-state index is 0.105. The van der Waals surface area contributed by atoms with E-state index in [1.165, 1.54) is 10.9 Å². The zero-order chi connectivity index (χ0) is 15.2. The quantitative estimate of drug-likeness (QED) is 0.579. The SMILES string of the molecule is CCCC(NCc1cc(Cl)ccc1[N+](=O)[O-])c1cccs1. The third-order valence-electron chi connectivity index (χ3n) is 3.24. The predicted molar refractivity (Wildman–Crippen MR) is 86.9 cm³/mol. The number of rotatable bonds is 7. The van der Waals surface area contributed by atoms with Gasteiger partial charge in [-0.3, -0.25) is 10.1 Å². The molecule has 0 saturated carbocycles. The van der Waals surface area contributed by atoms with E-state index in [9.17, 15) is 10.1 Å². The lowest BCUT2D eigenvalue weighted by Gasteiger charge is -2.17. The van der Waals surface area contributed by atoms with Crippen LogP contribution in [0, 0.1) is 10.1 Å². The summed E-state index contributed by atoms with van der Waals surface area (Å²) in [6.07, 6.45) is 2.04. The maximum atomic E-state index is 11.1. The Hall–Kier alpha value is -1.43. The van der Waals surface area contributed by atoms with E-state index in [4.69, 9.17) is 11.6 Å². The summed E-state index contributed by atoms with van der Waals surface area (Å²) in [5.41, 5.74) is 0.721. The van der Waals surface area contributed by atoms with Crippen molar-refractivity contribution < 1.29 is 4.92 Å². The number of nitro groups is 1. The normalized spacial score (nSPS) is 12.3. The highest BCUT2D eigenvalue weighted by Crippen LogP contribution is 2.26. The Bertz CT molecular complexity index is 602. The Morgan fingerprint density at radius 2 is 2.24 bits per heavy atom. The molecule has 0 aliphatic rings. The molecule has 6 heteroatoms. The molecule has 0 fully saturated rings. The molecule has 1 N–H and O–H groups in total. The van der Waals surface area contributed by atoms with Gasteiger partial charge in [-0.25, -0.2) is 0 Å². The van der Waals surface area contributed by atoms with Crippen LogP contribution in [0.4, 0.5) is 5.69 Å². The van der Waals surface area contributed by atoms with Gasteiger partial charge in [-0.2, -0.15) is 0 Å². The van der Waals surface area contributed by atoms with Crippen molar-refractivity contribution in [2.75, 3.05) is 0 Å². The molecule has 4 nitrogen and oxygen atoms in total. The number of nitrogens with zero attached hydrogens (tertiary/aromatic N) is 1. The summed E-state index contributed by atoms with van der Waals surface area (Å²) in [5.74, 6) is 0. The number of nitro benzene ring substituents is 1. The van der Waals surface area contributed by atoms with Gasteiger partial charge >= 0.3 is 0 Å². The van der Waals surface area contributed by atoms with Crippen LogP contribution in [0.25, 0.3) is 0 Å². The Labute approximate surface area is 132 Å². The molecule has 21 heavy (non-hydrogen) atoms. The Kier molecular flexibility index (Phi) is 5.73. The van der Waals surface area contributed by atoms with Crippen LogP contribution in [0.15, 0.2) is 35.7 Å². The van der Waals surface area contributed by atoms with E-state index in [0.717, 1.165) is 12.8 Å². The minimum atomic E-state index is -0.368. The number of nitrogens with one attached hydrogen (secondary N) is 1. The van der Waals surface area contributed by atoms with Gasteiger partial charge in [-0.05, 0) is 30.0 Å². The summed E-state index contributed by atoms with van der Waals surface area (Å²) in [6.45, 7) is 2.56. The molecular weight excluding hydrogens is 308 g/mol. The van der Waals surface area contributed by atoms with E-state index < -0.39 is 0 Å². The molecule has 0 bridgehead atoms. The van der Waals surface area contributed by atoms with Crippen molar-refractivity contribution in [3.8, 4) is 0 Å². The van der Waals surface area contributed by atoms with Gasteiger partial charge in [-0.15, -0.1) is 11.3 Å². The molecule has 0 aliphatic carbocycles. The van der Waals surface area contributed by atoms with E-state index in [0.29, 0.717) is 17.1 Å². The van der Waals surface area contributed by atoms with E-state index in [-0.39, 0.29) is 16.7 Å². The predicted octanol–water partition coefficient (Wildman–Crippen LogP) is 4.94. The second-order valence-corrected chi connectivity index (χ2v) is 6.18. The maximum absolute atomic E-state index is 11.1. The summed E-state index contributed by atoms with van der Waals surface area (Å²) >= 11 is 7.65. The standard InChI is InChI=1S/C15H17ClN2O2S/c1-2-4-13(15-5-3-8-21-15)17-10-11-9-12(16)6-7-14(11)18(19)20/h3,5-9,13,17H,2,4,10H2,1H3. The molecule has 2 rings (SSSR count). The molecule has 1 unspecified atom stereocenters. The highest BCUT2D eigenvalue weighted by atomic mass is 35.5. The van der Waals surface area contributed by atoms with Crippen molar-refractivity contribution >= 4 is 28.6 Å². The fourth-order valence-electron chi connectivity index (χ4n) is 2.23. The van der Waals surface area contributed by atoms with Gasteiger partial charge in [0.1, 0.15) is 0 Å². The summed E-state index contributed by atoms with van der Waals surface area (Å²) in [4.78, 5) is 12.0. The van der Waals surface area contributed by atoms with E-state index in [1.54, 1.807) is 23.5 Å². The minimum Gasteiger partial charge on any atom is -0.305 e. The van der Waals surface area contributed by atoms with Crippen molar-refractivity contribution in [3.63, 3.8) is 0 Å². The van der Waals surface area contributed by atoms with Crippen molar-refractivity contribution in [2.45, 2.75) is 32.4 Å². The number of hydrogen-bond donors (Lipinski definition) is 1. The largest absolute Gasteiger partial charge is 0.305 e. The molecule has 0 amide bonds. The van der Waals surface area contributed by atoms with Crippen molar-refractivity contribution in [2.24, 2.45) is 0 Å². The number of thiophene rings is 1. The van der Waals surface area contributed by atoms with Crippen LogP contribution in [0.3, 0.4) is 0 Å². The van der Waals surface area contributed by atoms with Gasteiger partial charge in [0.15, 0.2) is 0 Å². The second-order valence-electron chi connectivity index (χ2n) is 4.77. The fourth-order valence-corrected chi connectivity index (χ4v) is 3.26. The lowest BCUT2D eigenvalue weighted by molar-refractivity contribution is -0.385. The Morgan fingerprint density at radius 3 is 2.86 bits per heavy atom. The van der Waals surface area contributed by atoms with Gasteiger partial charge in [-0.1, -0.05) is 31.0 Å². The second kappa shape index (κ2) is 7.54. The third kappa shape index (κ3) is 4.27. The zero-order valence-corrected chi connectivity index (χ0v) is 13.3. The molecule has 2 aromatic rings. The Balaban J connectivity index is 2.14. The zero-order valence-electron chi connectivity index (χ0n) is 11.7. The van der Waals surface area contributed by atoms with Crippen LogP contribution in [0.2, 0.25) is 5.02 Å². The summed E-state index contributed by atoms with van der Waals surface area (Å²) in [6, 6.07) is 8.99. The topological polar surface area (TPSA) is 55.2 Å². The van der Waals surface area contributed by atoms with Gasteiger partial charge in [0, 0.05) is 34.1 Å². The van der Waals surface area contributed by atoms with Crippen LogP contribution >= 0.6 is 22.9 Å². The highest BCUT2D eigenvalue weighted by Gasteiger charge is 2.16. The van der Waals surface area contributed by atoms with Crippen molar-refractivity contribution in [3.05, 3.63) is 61.3 Å². The molecule has 0 aliphatic heterocycles. The summed E-state index contributed by atoms with van der Waals surface area (Å²) < 4.78 is 0. The van der Waals surface area contributed by atoms with E-state index in [1.807, 2.05) is 11.4 Å². The third-order valence-corrected chi connectivity index (χ3v) is 4.46. The van der Waals surface area contributed by atoms with E-state index in [2.05, 4.69) is 18.3 Å². The average molecular weight is 325 g/mol. The first-order valence-corrected chi connectivity index (χ1v) is 8.07. The average Bonchev–Trinajstić information content (AvgIpc) is 2.97. The molecule has 112 valence electrons. The number of benzene rings is 1. The van der Waals surface area contributed by atoms with Gasteiger partial charge in [0.2, 0.25) is 0 Å². The Morgan fingerprint density at radius 1 is 1.43 bits per heavy atom. The maximum Gasteiger partial charge on any atom is 0.273 e. The van der Waals surface area contributed by atoms with Crippen molar-refractivity contribution in [1.82, 2.24) is 5.32 Å². The van der Waals surface area contributed by atoms with Crippen LogP contribution < -0.4 is 5.32 Å². The van der Waals surface area contributed by atoms with Gasteiger partial charge < -0.3 is 5.32 Å². The molecule has 0 saturated heterocycles. The van der Waals surface area contributed by atoms with Crippen molar-refractivity contribution in [1.29, 1.82) is 0 Å². The van der Waals surface area contributed by atoms with Crippen LogP contribution in [0.1, 0.15) is 36.2 Å². The fraction of sp³-hybridized carbons (Fsp3) is 0.333. The first-order valence-electron chi connectivity index (χ1n) is 6.81.